The molecule has 4 rings (SSSR count). The first kappa shape index (κ1) is 17.1. The van der Waals surface area contributed by atoms with Crippen LogP contribution >= 0.6 is 15.9 Å². The van der Waals surface area contributed by atoms with Gasteiger partial charge >= 0.3 is 0 Å². The largest absolute Gasteiger partial charge is 0.372 e. The zero-order valence-electron chi connectivity index (χ0n) is 14.9. The van der Waals surface area contributed by atoms with Crippen LogP contribution in [0.4, 0.5) is 11.4 Å². The molecule has 0 unspecified atom stereocenters. The minimum absolute atomic E-state index is 0.151. The Morgan fingerprint density at radius 2 is 1.85 bits per heavy atom. The molecule has 6 heteroatoms. The Hall–Kier alpha value is -2.34. The second-order valence-corrected chi connectivity index (χ2v) is 7.65. The van der Waals surface area contributed by atoms with Crippen LogP contribution in [0.25, 0.3) is 5.65 Å². The fourth-order valence-electron chi connectivity index (χ4n) is 3.54. The molecular weight excluding hydrogens is 392 g/mol. The number of nitrogens with zero attached hydrogens (tertiary/aromatic N) is 3. The van der Waals surface area contributed by atoms with Crippen LogP contribution in [0.3, 0.4) is 0 Å². The number of anilines is 2. The molecule has 5 nitrogen and oxygen atoms in total. The van der Waals surface area contributed by atoms with Gasteiger partial charge in [0.1, 0.15) is 5.69 Å². The van der Waals surface area contributed by atoms with Crippen LogP contribution in [-0.2, 0) is 0 Å². The second-order valence-electron chi connectivity index (χ2n) is 6.80. The summed E-state index contributed by atoms with van der Waals surface area (Å²) in [4.78, 5) is 19.8. The maximum absolute atomic E-state index is 12.9. The molecule has 0 bridgehead atoms. The minimum Gasteiger partial charge on any atom is -0.372 e. The summed E-state index contributed by atoms with van der Waals surface area (Å²) in [6.07, 6.45) is 4.44. The van der Waals surface area contributed by atoms with E-state index in [-0.39, 0.29) is 5.91 Å². The number of hydrogen-bond acceptors (Lipinski definition) is 3. The highest BCUT2D eigenvalue weighted by Crippen LogP contribution is 2.25. The molecule has 3 aromatic rings. The maximum atomic E-state index is 12.9. The van der Waals surface area contributed by atoms with Gasteiger partial charge in [0.15, 0.2) is 5.65 Å². The van der Waals surface area contributed by atoms with Gasteiger partial charge in [-0.15, -0.1) is 0 Å². The summed E-state index contributed by atoms with van der Waals surface area (Å²) in [5.41, 5.74) is 5.09. The summed E-state index contributed by atoms with van der Waals surface area (Å²) in [5.74, 6) is -0.151. The second kappa shape index (κ2) is 6.76. The van der Waals surface area contributed by atoms with E-state index < -0.39 is 0 Å². The molecule has 0 atom stereocenters. The Morgan fingerprint density at radius 3 is 2.54 bits per heavy atom. The highest BCUT2D eigenvalue weighted by Gasteiger charge is 2.19. The molecule has 1 N–H and O–H groups in total. The number of nitrogens with one attached hydrogen (secondary N) is 1. The predicted molar refractivity (Wildman–Crippen MR) is 108 cm³/mol. The monoisotopic (exact) mass is 412 g/mol. The van der Waals surface area contributed by atoms with Crippen molar-refractivity contribution in [1.82, 2.24) is 9.38 Å². The molecule has 1 amide bonds. The molecule has 0 spiro atoms. The fourth-order valence-corrected chi connectivity index (χ4v) is 4.18. The molecule has 134 valence electrons. The van der Waals surface area contributed by atoms with E-state index in [9.17, 15) is 4.79 Å². The number of pyridine rings is 1. The number of halogens is 1. The third-order valence-corrected chi connectivity index (χ3v) is 5.38. The van der Waals surface area contributed by atoms with E-state index in [4.69, 9.17) is 0 Å². The van der Waals surface area contributed by atoms with E-state index in [1.165, 1.54) is 18.5 Å². The van der Waals surface area contributed by atoms with Gasteiger partial charge in [-0.2, -0.15) is 0 Å². The minimum atomic E-state index is -0.151. The zero-order chi connectivity index (χ0) is 18.3. The lowest BCUT2D eigenvalue weighted by Crippen LogP contribution is -2.18. The highest BCUT2D eigenvalue weighted by atomic mass is 79.9. The number of aromatic nitrogens is 2. The van der Waals surface area contributed by atoms with Crippen molar-refractivity contribution in [2.45, 2.75) is 26.7 Å². The highest BCUT2D eigenvalue weighted by molar-refractivity contribution is 9.10. The zero-order valence-corrected chi connectivity index (χ0v) is 16.5. The van der Waals surface area contributed by atoms with Crippen molar-refractivity contribution >= 4 is 38.9 Å². The van der Waals surface area contributed by atoms with E-state index in [2.05, 4.69) is 43.3 Å². The van der Waals surface area contributed by atoms with Crippen molar-refractivity contribution in [1.29, 1.82) is 0 Å². The van der Waals surface area contributed by atoms with Gasteiger partial charge in [0.2, 0.25) is 0 Å². The van der Waals surface area contributed by atoms with E-state index >= 15 is 0 Å². The van der Waals surface area contributed by atoms with E-state index in [0.717, 1.165) is 34.5 Å². The average molecular weight is 413 g/mol. The normalized spacial score (nSPS) is 14.2. The molecule has 1 aliphatic rings. The molecular formula is C20H21BrN4O. The summed E-state index contributed by atoms with van der Waals surface area (Å²) in [6, 6.07) is 10.1. The van der Waals surface area contributed by atoms with E-state index in [1.54, 1.807) is 0 Å². The Balaban J connectivity index is 1.60. The number of carbonyl (C=O) groups excluding carboxylic acids is 1. The standard InChI is InChI=1S/C20H21BrN4O/c1-13-11-17(21)19-22-14(2)18(25(19)12-13)20(26)23-15-5-7-16(8-6-15)24-9-3-4-10-24/h5-8,11-12H,3-4,9-10H2,1-2H3,(H,23,26). The van der Waals surface area contributed by atoms with Gasteiger partial charge in [-0.3, -0.25) is 9.20 Å². The predicted octanol–water partition coefficient (Wildman–Crippen LogP) is 4.57. The summed E-state index contributed by atoms with van der Waals surface area (Å²) in [6.45, 7) is 6.08. The van der Waals surface area contributed by atoms with Gasteiger partial charge in [0.05, 0.1) is 10.2 Å². The molecule has 1 aromatic carbocycles. The first-order valence-electron chi connectivity index (χ1n) is 8.84. The third-order valence-electron chi connectivity index (χ3n) is 4.80. The summed E-state index contributed by atoms with van der Waals surface area (Å²) < 4.78 is 2.73. The van der Waals surface area contributed by atoms with Crippen molar-refractivity contribution < 1.29 is 4.79 Å². The summed E-state index contributed by atoms with van der Waals surface area (Å²) >= 11 is 3.53. The number of hydrogen-bond donors (Lipinski definition) is 1. The van der Waals surface area contributed by atoms with E-state index in [1.807, 2.05) is 42.6 Å². The van der Waals surface area contributed by atoms with E-state index in [0.29, 0.717) is 11.4 Å². The molecule has 1 fully saturated rings. The van der Waals surface area contributed by atoms with Gasteiger partial charge in [-0.05, 0) is 78.5 Å². The van der Waals surface area contributed by atoms with Crippen molar-refractivity contribution in [2.75, 3.05) is 23.3 Å². The number of amides is 1. The molecule has 26 heavy (non-hydrogen) atoms. The Labute approximate surface area is 161 Å². The number of rotatable bonds is 3. The van der Waals surface area contributed by atoms with Gasteiger partial charge in [0, 0.05) is 30.7 Å². The van der Waals surface area contributed by atoms with Crippen LogP contribution < -0.4 is 10.2 Å². The Bertz CT molecular complexity index is 972. The van der Waals surface area contributed by atoms with Crippen LogP contribution in [0.2, 0.25) is 0 Å². The summed E-state index contributed by atoms with van der Waals surface area (Å²) in [5, 5.41) is 3.00. The Kier molecular flexibility index (Phi) is 4.44. The number of aryl methyl sites for hydroxylation is 2. The van der Waals surface area contributed by atoms with Crippen LogP contribution in [0, 0.1) is 13.8 Å². The van der Waals surface area contributed by atoms with Crippen LogP contribution in [-0.4, -0.2) is 28.4 Å². The topological polar surface area (TPSA) is 49.6 Å². The number of benzene rings is 1. The van der Waals surface area contributed by atoms with Gasteiger partial charge in [-0.1, -0.05) is 0 Å². The average Bonchev–Trinajstić information content (AvgIpc) is 3.23. The molecule has 0 aliphatic carbocycles. The van der Waals surface area contributed by atoms with Crippen LogP contribution in [0.5, 0.6) is 0 Å². The van der Waals surface area contributed by atoms with Gasteiger partial charge in [-0.25, -0.2) is 4.98 Å². The lowest BCUT2D eigenvalue weighted by atomic mass is 10.2. The Morgan fingerprint density at radius 1 is 1.15 bits per heavy atom. The molecule has 0 saturated carbocycles. The van der Waals surface area contributed by atoms with Gasteiger partial charge < -0.3 is 10.2 Å². The lowest BCUT2D eigenvalue weighted by molar-refractivity contribution is 0.102. The van der Waals surface area contributed by atoms with Crippen LogP contribution in [0.1, 0.15) is 34.6 Å². The third kappa shape index (κ3) is 3.09. The lowest BCUT2D eigenvalue weighted by Gasteiger charge is -2.17. The van der Waals surface area contributed by atoms with Crippen molar-refractivity contribution in [3.05, 3.63) is 58.0 Å². The number of imidazole rings is 1. The summed E-state index contributed by atoms with van der Waals surface area (Å²) in [7, 11) is 0. The molecule has 2 aromatic heterocycles. The van der Waals surface area contributed by atoms with Crippen LogP contribution in [0.15, 0.2) is 41.0 Å². The van der Waals surface area contributed by atoms with Crippen molar-refractivity contribution in [3.63, 3.8) is 0 Å². The quantitative estimate of drug-likeness (QED) is 0.685. The molecule has 3 heterocycles. The van der Waals surface area contributed by atoms with Crippen molar-refractivity contribution in [2.24, 2.45) is 0 Å². The SMILES string of the molecule is Cc1cc(Br)c2nc(C)c(C(=O)Nc3ccc(N4CCCC4)cc3)n2c1. The van der Waals surface area contributed by atoms with Crippen molar-refractivity contribution in [3.8, 4) is 0 Å². The number of fused-ring (bicyclic) bond motifs is 1. The fraction of sp³-hybridized carbons (Fsp3) is 0.300. The molecule has 1 saturated heterocycles. The first-order chi connectivity index (χ1) is 12.5. The maximum Gasteiger partial charge on any atom is 0.274 e. The number of carbonyl (C=O) groups is 1. The van der Waals surface area contributed by atoms with Gasteiger partial charge in [0.25, 0.3) is 5.91 Å². The first-order valence-corrected chi connectivity index (χ1v) is 9.63. The molecule has 1 aliphatic heterocycles. The molecule has 0 radical (unpaired) electrons. The smallest absolute Gasteiger partial charge is 0.274 e.